The summed E-state index contributed by atoms with van der Waals surface area (Å²) in [7, 11) is 0. The molecule has 1 aromatic rings. The van der Waals surface area contributed by atoms with Gasteiger partial charge in [0.25, 0.3) is 0 Å². The summed E-state index contributed by atoms with van der Waals surface area (Å²) in [6.07, 6.45) is 9.74. The van der Waals surface area contributed by atoms with E-state index in [1.54, 1.807) is 12.3 Å². The Bertz CT molecular complexity index is 529. The highest BCUT2D eigenvalue weighted by atomic mass is 19.1. The molecule has 0 unspecified atom stereocenters. The number of halogens is 1. The molecule has 1 heterocycles. The van der Waals surface area contributed by atoms with E-state index in [0.717, 1.165) is 18.4 Å². The number of rotatable bonds is 1. The molecular weight excluding hydrogens is 215 g/mol. The van der Waals surface area contributed by atoms with E-state index in [1.807, 2.05) is 23.2 Å². The van der Waals surface area contributed by atoms with Gasteiger partial charge < -0.3 is 4.90 Å². The number of benzene rings is 1. The number of aryl methyl sites for hydroxylation is 1. The average Bonchev–Trinajstić information content (AvgIpc) is 2.73. The summed E-state index contributed by atoms with van der Waals surface area (Å²) in [5.74, 6) is -0.146. The van der Waals surface area contributed by atoms with E-state index in [0.29, 0.717) is 6.67 Å². The van der Waals surface area contributed by atoms with E-state index in [-0.39, 0.29) is 5.82 Å². The number of nitrogens with zero attached hydrogens (tertiary/aromatic N) is 2. The molecule has 0 aromatic heterocycles. The van der Waals surface area contributed by atoms with Gasteiger partial charge in [0.05, 0.1) is 0 Å². The molecule has 0 atom stereocenters. The van der Waals surface area contributed by atoms with Gasteiger partial charge in [-0.05, 0) is 47.8 Å². The Morgan fingerprint density at radius 2 is 2.24 bits per heavy atom. The lowest BCUT2D eigenvalue weighted by atomic mass is 10.1. The normalized spacial score (nSPS) is 20.1. The summed E-state index contributed by atoms with van der Waals surface area (Å²) in [6.45, 7) is 0.663. The Morgan fingerprint density at radius 1 is 1.29 bits per heavy atom. The predicted molar refractivity (Wildman–Crippen MR) is 67.0 cm³/mol. The van der Waals surface area contributed by atoms with Crippen LogP contribution < -0.4 is 0 Å². The van der Waals surface area contributed by atoms with Crippen molar-refractivity contribution in [2.75, 3.05) is 6.67 Å². The van der Waals surface area contributed by atoms with Gasteiger partial charge in [0.1, 0.15) is 12.5 Å². The van der Waals surface area contributed by atoms with Gasteiger partial charge >= 0.3 is 0 Å². The third-order valence-electron chi connectivity index (χ3n) is 3.11. The Labute approximate surface area is 99.8 Å². The lowest BCUT2D eigenvalue weighted by Gasteiger charge is -2.16. The van der Waals surface area contributed by atoms with Crippen molar-refractivity contribution in [1.29, 1.82) is 0 Å². The molecule has 0 spiro atoms. The first kappa shape index (κ1) is 10.3. The van der Waals surface area contributed by atoms with Gasteiger partial charge in [-0.2, -0.15) is 0 Å². The van der Waals surface area contributed by atoms with E-state index in [9.17, 15) is 4.39 Å². The molecular formula is C14H13FN2. The van der Waals surface area contributed by atoms with Gasteiger partial charge in [0.2, 0.25) is 0 Å². The minimum Gasteiger partial charge on any atom is -0.334 e. The molecule has 1 aliphatic heterocycles. The second kappa shape index (κ2) is 4.17. The van der Waals surface area contributed by atoms with Crippen molar-refractivity contribution in [3.8, 4) is 0 Å². The van der Waals surface area contributed by atoms with Gasteiger partial charge in [0.15, 0.2) is 0 Å². The quantitative estimate of drug-likeness (QED) is 0.721. The fraction of sp³-hybridized carbons (Fsp3) is 0.214. The van der Waals surface area contributed by atoms with Crippen LogP contribution in [0.5, 0.6) is 0 Å². The molecule has 3 rings (SSSR count). The molecule has 0 saturated carbocycles. The zero-order chi connectivity index (χ0) is 11.7. The van der Waals surface area contributed by atoms with E-state index in [1.165, 1.54) is 17.2 Å². The van der Waals surface area contributed by atoms with Crippen LogP contribution >= 0.6 is 0 Å². The largest absolute Gasteiger partial charge is 0.334 e. The number of allylic oxidation sites excluding steroid dienone is 2. The third kappa shape index (κ3) is 2.00. The Morgan fingerprint density at radius 3 is 3.06 bits per heavy atom. The Hall–Kier alpha value is -1.90. The standard InChI is InChI=1S/C14H13FN2/c15-13-4-5-14-11(8-13)2-3-12(14)9-17-7-1-6-16-10-17/h1,4-9H,2-3,10H2/b12-9-. The van der Waals surface area contributed by atoms with Gasteiger partial charge in [0, 0.05) is 18.6 Å². The molecule has 2 aliphatic rings. The topological polar surface area (TPSA) is 15.6 Å². The average molecular weight is 228 g/mol. The molecule has 2 nitrogen and oxygen atoms in total. The van der Waals surface area contributed by atoms with Crippen molar-refractivity contribution in [3.63, 3.8) is 0 Å². The highest BCUT2D eigenvalue weighted by Crippen LogP contribution is 2.32. The molecule has 1 aromatic carbocycles. The van der Waals surface area contributed by atoms with Gasteiger partial charge in [-0.15, -0.1) is 0 Å². The highest BCUT2D eigenvalue weighted by molar-refractivity contribution is 5.74. The van der Waals surface area contributed by atoms with Crippen LogP contribution in [0.15, 0.2) is 41.7 Å². The molecule has 3 heteroatoms. The van der Waals surface area contributed by atoms with E-state index in [4.69, 9.17) is 0 Å². The fourth-order valence-electron chi connectivity index (χ4n) is 2.30. The third-order valence-corrected chi connectivity index (χ3v) is 3.11. The summed E-state index contributed by atoms with van der Waals surface area (Å²) in [4.78, 5) is 6.23. The first-order valence-electron chi connectivity index (χ1n) is 5.75. The molecule has 1 aliphatic carbocycles. The second-order valence-corrected chi connectivity index (χ2v) is 4.28. The number of aliphatic imine (C=N–C) groups is 1. The van der Waals surface area contributed by atoms with E-state index in [2.05, 4.69) is 11.2 Å². The highest BCUT2D eigenvalue weighted by Gasteiger charge is 2.17. The number of hydrogen-bond donors (Lipinski definition) is 0. The monoisotopic (exact) mass is 228 g/mol. The zero-order valence-electron chi connectivity index (χ0n) is 9.44. The second-order valence-electron chi connectivity index (χ2n) is 4.28. The van der Waals surface area contributed by atoms with Crippen molar-refractivity contribution in [1.82, 2.24) is 4.90 Å². The van der Waals surface area contributed by atoms with Crippen molar-refractivity contribution < 1.29 is 4.39 Å². The smallest absolute Gasteiger partial charge is 0.123 e. The lowest BCUT2D eigenvalue weighted by molar-refractivity contribution is 0.521. The molecule has 17 heavy (non-hydrogen) atoms. The fourth-order valence-corrected chi connectivity index (χ4v) is 2.30. The van der Waals surface area contributed by atoms with Crippen LogP contribution in [0.4, 0.5) is 4.39 Å². The summed E-state index contributed by atoms with van der Waals surface area (Å²) >= 11 is 0. The first-order chi connectivity index (χ1) is 8.33. The van der Waals surface area contributed by atoms with E-state index < -0.39 is 0 Å². The first-order valence-corrected chi connectivity index (χ1v) is 5.75. The zero-order valence-corrected chi connectivity index (χ0v) is 9.44. The maximum absolute atomic E-state index is 13.1. The molecule has 0 radical (unpaired) electrons. The molecule has 0 N–H and O–H groups in total. The molecule has 0 amide bonds. The Balaban J connectivity index is 1.90. The maximum atomic E-state index is 13.1. The Kier molecular flexibility index (Phi) is 2.52. The molecule has 86 valence electrons. The SMILES string of the molecule is Fc1ccc2c(c1)CC/C2=C/N1C=CC=NC1. The van der Waals surface area contributed by atoms with Crippen LogP contribution in [0.3, 0.4) is 0 Å². The van der Waals surface area contributed by atoms with Gasteiger partial charge in [-0.25, -0.2) is 4.39 Å². The van der Waals surface area contributed by atoms with Crippen molar-refractivity contribution in [2.24, 2.45) is 4.99 Å². The minimum atomic E-state index is -0.146. The van der Waals surface area contributed by atoms with Crippen LogP contribution in [0.2, 0.25) is 0 Å². The minimum absolute atomic E-state index is 0.146. The molecule has 0 saturated heterocycles. The number of hydrogen-bond acceptors (Lipinski definition) is 2. The number of fused-ring (bicyclic) bond motifs is 1. The van der Waals surface area contributed by atoms with Crippen molar-refractivity contribution >= 4 is 11.8 Å². The molecule has 0 bridgehead atoms. The van der Waals surface area contributed by atoms with Crippen LogP contribution in [-0.4, -0.2) is 17.8 Å². The van der Waals surface area contributed by atoms with Crippen LogP contribution in [0.1, 0.15) is 17.5 Å². The van der Waals surface area contributed by atoms with Gasteiger partial charge in [-0.1, -0.05) is 6.07 Å². The van der Waals surface area contributed by atoms with Crippen molar-refractivity contribution in [3.05, 3.63) is 53.6 Å². The van der Waals surface area contributed by atoms with Gasteiger partial charge in [-0.3, -0.25) is 4.99 Å². The van der Waals surface area contributed by atoms with Crippen LogP contribution in [-0.2, 0) is 6.42 Å². The predicted octanol–water partition coefficient (Wildman–Crippen LogP) is 2.97. The molecule has 0 fully saturated rings. The van der Waals surface area contributed by atoms with Crippen LogP contribution in [0.25, 0.3) is 5.57 Å². The summed E-state index contributed by atoms with van der Waals surface area (Å²) in [5, 5.41) is 0. The summed E-state index contributed by atoms with van der Waals surface area (Å²) in [6, 6.07) is 5.04. The van der Waals surface area contributed by atoms with E-state index >= 15 is 0 Å². The van der Waals surface area contributed by atoms with Crippen molar-refractivity contribution in [2.45, 2.75) is 12.8 Å². The lowest BCUT2D eigenvalue weighted by Crippen LogP contribution is -2.12. The van der Waals surface area contributed by atoms with Crippen LogP contribution in [0, 0.1) is 5.82 Å². The maximum Gasteiger partial charge on any atom is 0.123 e. The summed E-state index contributed by atoms with van der Waals surface area (Å²) < 4.78 is 13.1. The summed E-state index contributed by atoms with van der Waals surface area (Å²) in [5.41, 5.74) is 3.55.